The van der Waals surface area contributed by atoms with E-state index in [0.717, 1.165) is 12.1 Å². The zero-order valence-electron chi connectivity index (χ0n) is 9.31. The van der Waals surface area contributed by atoms with Gasteiger partial charge in [0.2, 0.25) is 0 Å². The molecule has 0 saturated heterocycles. The molecule has 0 unspecified atom stereocenters. The first-order valence-electron chi connectivity index (χ1n) is 4.88. The van der Waals surface area contributed by atoms with Gasteiger partial charge >= 0.3 is 12.6 Å². The molecule has 0 bridgehead atoms. The summed E-state index contributed by atoms with van der Waals surface area (Å²) in [5.74, 6) is -2.11. The molecule has 0 fully saturated rings. The van der Waals surface area contributed by atoms with Gasteiger partial charge in [-0.1, -0.05) is 0 Å². The fourth-order valence-corrected chi connectivity index (χ4v) is 1.61. The van der Waals surface area contributed by atoms with Crippen LogP contribution in [0.25, 0.3) is 0 Å². The molecular formula is C10H8ClF2NO5. The number of rotatable bonds is 6. The molecule has 1 aromatic rings. The van der Waals surface area contributed by atoms with Gasteiger partial charge in [-0.3, -0.25) is 14.9 Å². The topological polar surface area (TPSA) is 89.7 Å². The number of carbonyl (C=O) groups is 1. The van der Waals surface area contributed by atoms with E-state index >= 15 is 0 Å². The summed E-state index contributed by atoms with van der Waals surface area (Å²) in [5.41, 5.74) is -0.860. The number of carboxylic acids is 1. The van der Waals surface area contributed by atoms with Crippen LogP contribution in [0, 0.1) is 10.1 Å². The van der Waals surface area contributed by atoms with Gasteiger partial charge < -0.3 is 9.84 Å². The van der Waals surface area contributed by atoms with Crippen molar-refractivity contribution in [2.45, 2.75) is 18.9 Å². The number of aliphatic carboxylic acids is 1. The molecule has 0 aliphatic carbocycles. The van der Waals surface area contributed by atoms with Crippen molar-refractivity contribution in [2.24, 2.45) is 0 Å². The number of nitro benzene ring substituents is 1. The third-order valence-electron chi connectivity index (χ3n) is 2.14. The molecule has 0 aromatic heterocycles. The number of benzene rings is 1. The lowest BCUT2D eigenvalue weighted by atomic mass is 10.1. The maximum absolute atomic E-state index is 12.2. The highest BCUT2D eigenvalue weighted by Crippen LogP contribution is 2.32. The lowest BCUT2D eigenvalue weighted by molar-refractivity contribution is -0.385. The minimum Gasteiger partial charge on any atom is -0.481 e. The van der Waals surface area contributed by atoms with Gasteiger partial charge in [0.15, 0.2) is 0 Å². The van der Waals surface area contributed by atoms with E-state index in [1.807, 2.05) is 0 Å². The van der Waals surface area contributed by atoms with E-state index in [4.69, 9.17) is 16.7 Å². The molecule has 19 heavy (non-hydrogen) atoms. The summed E-state index contributed by atoms with van der Waals surface area (Å²) >= 11 is 5.49. The fourth-order valence-electron chi connectivity index (χ4n) is 1.46. The second kappa shape index (κ2) is 6.28. The number of ether oxygens (including phenoxy) is 1. The van der Waals surface area contributed by atoms with E-state index in [0.29, 0.717) is 0 Å². The van der Waals surface area contributed by atoms with Gasteiger partial charge in [0.05, 0.1) is 16.9 Å². The van der Waals surface area contributed by atoms with Crippen molar-refractivity contribution in [1.82, 2.24) is 0 Å². The summed E-state index contributed by atoms with van der Waals surface area (Å²) in [5, 5.41) is 19.5. The summed E-state index contributed by atoms with van der Waals surface area (Å²) in [6, 6.07) is 2.09. The van der Waals surface area contributed by atoms with Crippen LogP contribution in [-0.2, 0) is 17.1 Å². The molecule has 0 amide bonds. The second-order valence-electron chi connectivity index (χ2n) is 3.43. The zero-order chi connectivity index (χ0) is 14.6. The Hall–Kier alpha value is -1.96. The van der Waals surface area contributed by atoms with Gasteiger partial charge in [-0.25, -0.2) is 0 Å². The summed E-state index contributed by atoms with van der Waals surface area (Å²) < 4.78 is 28.6. The first-order valence-corrected chi connectivity index (χ1v) is 5.41. The van der Waals surface area contributed by atoms with Crippen molar-refractivity contribution in [3.8, 4) is 5.75 Å². The predicted molar refractivity (Wildman–Crippen MR) is 60.6 cm³/mol. The highest BCUT2D eigenvalue weighted by atomic mass is 35.5. The number of carboxylic acid groups (broad SMARTS) is 1. The fraction of sp³-hybridized carbons (Fsp3) is 0.300. The SMILES string of the molecule is O=C(O)Cc1c(OC(F)F)cc(CCl)cc1[N+](=O)[O-]. The number of hydrogen-bond acceptors (Lipinski definition) is 4. The smallest absolute Gasteiger partial charge is 0.387 e. The van der Waals surface area contributed by atoms with Crippen LogP contribution < -0.4 is 4.74 Å². The van der Waals surface area contributed by atoms with Crippen LogP contribution >= 0.6 is 11.6 Å². The number of hydrogen-bond donors (Lipinski definition) is 1. The third kappa shape index (κ3) is 4.02. The summed E-state index contributed by atoms with van der Waals surface area (Å²) in [4.78, 5) is 20.6. The summed E-state index contributed by atoms with van der Waals surface area (Å²) in [6.45, 7) is -3.22. The first-order chi connectivity index (χ1) is 8.85. The summed E-state index contributed by atoms with van der Waals surface area (Å²) in [7, 11) is 0. The maximum Gasteiger partial charge on any atom is 0.387 e. The van der Waals surface area contributed by atoms with E-state index in [2.05, 4.69) is 4.74 Å². The quantitative estimate of drug-likeness (QED) is 0.495. The van der Waals surface area contributed by atoms with E-state index in [1.165, 1.54) is 0 Å². The van der Waals surface area contributed by atoms with Crippen LogP contribution in [0.1, 0.15) is 11.1 Å². The predicted octanol–water partition coefficient (Wildman–Crippen LogP) is 2.56. The molecule has 0 aliphatic rings. The Morgan fingerprint density at radius 3 is 2.58 bits per heavy atom. The Morgan fingerprint density at radius 2 is 2.16 bits per heavy atom. The van der Waals surface area contributed by atoms with Crippen molar-refractivity contribution < 1.29 is 28.3 Å². The average Bonchev–Trinajstić information content (AvgIpc) is 2.29. The van der Waals surface area contributed by atoms with E-state index in [9.17, 15) is 23.7 Å². The lowest BCUT2D eigenvalue weighted by Gasteiger charge is -2.11. The Kier molecular flexibility index (Phi) is 4.99. The summed E-state index contributed by atoms with van der Waals surface area (Å²) in [6.07, 6.45) is -0.805. The van der Waals surface area contributed by atoms with Gasteiger partial charge in [0.25, 0.3) is 5.69 Å². The maximum atomic E-state index is 12.2. The molecule has 6 nitrogen and oxygen atoms in total. The van der Waals surface area contributed by atoms with Crippen molar-refractivity contribution in [3.63, 3.8) is 0 Å². The molecule has 0 heterocycles. The third-order valence-corrected chi connectivity index (χ3v) is 2.45. The largest absolute Gasteiger partial charge is 0.481 e. The molecule has 1 rings (SSSR count). The number of halogens is 3. The van der Waals surface area contributed by atoms with Crippen molar-refractivity contribution >= 4 is 23.3 Å². The van der Waals surface area contributed by atoms with Crippen LogP contribution in [0.4, 0.5) is 14.5 Å². The van der Waals surface area contributed by atoms with Crippen LogP contribution in [0.15, 0.2) is 12.1 Å². The van der Waals surface area contributed by atoms with Crippen LogP contribution in [0.5, 0.6) is 5.75 Å². The van der Waals surface area contributed by atoms with Crippen LogP contribution in [0.2, 0.25) is 0 Å². The molecular weight excluding hydrogens is 288 g/mol. The van der Waals surface area contributed by atoms with Gasteiger partial charge in [0.1, 0.15) is 5.75 Å². The lowest BCUT2D eigenvalue weighted by Crippen LogP contribution is -2.10. The Bertz CT molecular complexity index is 509. The van der Waals surface area contributed by atoms with Gasteiger partial charge in [0, 0.05) is 11.9 Å². The van der Waals surface area contributed by atoms with Gasteiger partial charge in [-0.15, -0.1) is 11.6 Å². The molecule has 104 valence electrons. The Morgan fingerprint density at radius 1 is 1.53 bits per heavy atom. The standard InChI is InChI=1S/C10H8ClF2NO5/c11-4-5-1-7(14(17)18)6(3-9(15)16)8(2-5)19-10(12)13/h1-2,10H,3-4H2,(H,15,16). The van der Waals surface area contributed by atoms with E-state index in [1.54, 1.807) is 0 Å². The second-order valence-corrected chi connectivity index (χ2v) is 3.70. The van der Waals surface area contributed by atoms with Gasteiger partial charge in [-0.2, -0.15) is 8.78 Å². The Labute approximate surface area is 110 Å². The molecule has 0 atom stereocenters. The van der Waals surface area contributed by atoms with E-state index < -0.39 is 40.9 Å². The van der Waals surface area contributed by atoms with Crippen molar-refractivity contribution in [3.05, 3.63) is 33.4 Å². The molecule has 1 N–H and O–H groups in total. The Balaban J connectivity index is 3.41. The molecule has 0 saturated carbocycles. The van der Waals surface area contributed by atoms with Crippen LogP contribution in [-0.4, -0.2) is 22.6 Å². The number of nitrogens with zero attached hydrogens (tertiary/aromatic N) is 1. The number of alkyl halides is 3. The van der Waals surface area contributed by atoms with Crippen molar-refractivity contribution in [1.29, 1.82) is 0 Å². The molecule has 0 aliphatic heterocycles. The molecule has 9 heteroatoms. The zero-order valence-corrected chi connectivity index (χ0v) is 10.1. The monoisotopic (exact) mass is 295 g/mol. The number of nitro groups is 1. The minimum atomic E-state index is -3.22. The van der Waals surface area contributed by atoms with Crippen molar-refractivity contribution in [2.75, 3.05) is 0 Å². The van der Waals surface area contributed by atoms with Gasteiger partial charge in [-0.05, 0) is 11.6 Å². The first kappa shape index (κ1) is 15.1. The highest BCUT2D eigenvalue weighted by molar-refractivity contribution is 6.17. The molecule has 0 spiro atoms. The molecule has 1 aromatic carbocycles. The average molecular weight is 296 g/mol. The van der Waals surface area contributed by atoms with E-state index in [-0.39, 0.29) is 11.4 Å². The minimum absolute atomic E-state index is 0.159. The highest BCUT2D eigenvalue weighted by Gasteiger charge is 2.24. The normalized spacial score (nSPS) is 10.5. The van der Waals surface area contributed by atoms with Crippen LogP contribution in [0.3, 0.4) is 0 Å². The molecule has 0 radical (unpaired) electrons.